The Bertz CT molecular complexity index is 1690. The third-order valence-corrected chi connectivity index (χ3v) is 9.48. The number of nitrogens with one attached hydrogen (secondary N) is 2. The normalized spacial score (nSPS) is 25.9. The van der Waals surface area contributed by atoms with Crippen LogP contribution in [0.4, 0.5) is 13.2 Å². The van der Waals surface area contributed by atoms with Crippen LogP contribution in [0.15, 0.2) is 43.1 Å². The number of aromatic amines is 1. The summed E-state index contributed by atoms with van der Waals surface area (Å²) >= 11 is 0. The largest absolute Gasteiger partial charge is 0.474 e. The van der Waals surface area contributed by atoms with E-state index in [1.54, 1.807) is 12.3 Å². The molecule has 0 radical (unpaired) electrons. The van der Waals surface area contributed by atoms with Gasteiger partial charge in [0.2, 0.25) is 5.88 Å². The van der Waals surface area contributed by atoms with Crippen molar-refractivity contribution in [3.05, 3.63) is 54.4 Å². The van der Waals surface area contributed by atoms with E-state index in [1.165, 1.54) is 6.33 Å². The number of likely N-dealkylation sites (tertiary alicyclic amines) is 1. The molecule has 7 rings (SSSR count). The van der Waals surface area contributed by atoms with Crippen LogP contribution in [0, 0.1) is 11.3 Å². The molecule has 0 unspecified atom stereocenters. The summed E-state index contributed by atoms with van der Waals surface area (Å²) in [4.78, 5) is 18.0. The maximum absolute atomic E-state index is 13.6. The summed E-state index contributed by atoms with van der Waals surface area (Å²) in [5, 5.41) is 27.9. The molecule has 3 fully saturated rings. The average molecular weight is 622 g/mol. The summed E-state index contributed by atoms with van der Waals surface area (Å²) in [5.74, 6) is -0.0134. The van der Waals surface area contributed by atoms with E-state index in [1.807, 2.05) is 23.1 Å². The summed E-state index contributed by atoms with van der Waals surface area (Å²) in [6.07, 6.45) is 6.35. The van der Waals surface area contributed by atoms with Crippen LogP contribution in [0.1, 0.15) is 56.2 Å². The van der Waals surface area contributed by atoms with Gasteiger partial charge in [0.05, 0.1) is 36.0 Å². The number of aliphatic hydroxyl groups is 1. The minimum atomic E-state index is -4.58. The Labute approximate surface area is 257 Å². The predicted octanol–water partition coefficient (Wildman–Crippen LogP) is 4.16. The molecule has 45 heavy (non-hydrogen) atoms. The smallest absolute Gasteiger partial charge is 0.433 e. The van der Waals surface area contributed by atoms with E-state index in [0.29, 0.717) is 37.7 Å². The van der Waals surface area contributed by atoms with Gasteiger partial charge in [-0.2, -0.15) is 23.5 Å². The molecule has 0 spiro atoms. The summed E-state index contributed by atoms with van der Waals surface area (Å²) in [6, 6.07) is 7.29. The number of rotatable bonds is 9. The fourth-order valence-electron chi connectivity index (χ4n) is 6.86. The number of fused-ring (bicyclic) bond motifs is 1. The maximum Gasteiger partial charge on any atom is 0.433 e. The minimum Gasteiger partial charge on any atom is -0.474 e. The molecule has 3 aliphatic rings. The van der Waals surface area contributed by atoms with E-state index in [2.05, 4.69) is 41.3 Å². The molecule has 4 aromatic rings. The van der Waals surface area contributed by atoms with Crippen LogP contribution in [0.3, 0.4) is 0 Å². The van der Waals surface area contributed by atoms with Gasteiger partial charge in [-0.1, -0.05) is 0 Å². The van der Waals surface area contributed by atoms with E-state index in [9.17, 15) is 23.5 Å². The SMILES string of the molecule is N#CCC1(n2cc(-c3ncnc4[nH]ccc34)cn2)CC(N2CCC(Oc3cc(CNC4CC(O)C4)cc(C(F)(F)F)n3)CC2)C1. The molecule has 2 aliphatic carbocycles. The highest BCUT2D eigenvalue weighted by Crippen LogP contribution is 2.45. The number of pyridine rings is 1. The number of hydrogen-bond acceptors (Lipinski definition) is 9. The number of nitrogens with zero attached hydrogens (tertiary/aromatic N) is 7. The fourth-order valence-corrected chi connectivity index (χ4v) is 6.86. The van der Waals surface area contributed by atoms with Crippen molar-refractivity contribution in [3.8, 4) is 23.2 Å². The minimum absolute atomic E-state index is 0.0134. The first-order valence-corrected chi connectivity index (χ1v) is 15.3. The van der Waals surface area contributed by atoms with Gasteiger partial charge in [0.15, 0.2) is 0 Å². The number of hydrogen-bond donors (Lipinski definition) is 3. The summed E-state index contributed by atoms with van der Waals surface area (Å²) < 4.78 is 48.7. The summed E-state index contributed by atoms with van der Waals surface area (Å²) in [7, 11) is 0. The predicted molar refractivity (Wildman–Crippen MR) is 157 cm³/mol. The van der Waals surface area contributed by atoms with Crippen LogP contribution in [0.2, 0.25) is 0 Å². The second-order valence-corrected chi connectivity index (χ2v) is 12.5. The highest BCUT2D eigenvalue weighted by molar-refractivity contribution is 5.90. The van der Waals surface area contributed by atoms with E-state index < -0.39 is 17.4 Å². The van der Waals surface area contributed by atoms with Crippen molar-refractivity contribution in [2.75, 3.05) is 13.1 Å². The van der Waals surface area contributed by atoms with Gasteiger partial charge in [0, 0.05) is 61.1 Å². The Morgan fingerprint density at radius 2 is 1.98 bits per heavy atom. The van der Waals surface area contributed by atoms with Crippen molar-refractivity contribution >= 4 is 11.0 Å². The van der Waals surface area contributed by atoms with Gasteiger partial charge in [0.25, 0.3) is 0 Å². The molecule has 11 nitrogen and oxygen atoms in total. The first kappa shape index (κ1) is 29.6. The Morgan fingerprint density at radius 3 is 2.71 bits per heavy atom. The van der Waals surface area contributed by atoms with E-state index in [4.69, 9.17) is 4.74 Å². The van der Waals surface area contributed by atoms with Crippen molar-refractivity contribution in [3.63, 3.8) is 0 Å². The molecular formula is C31H34F3N9O2. The molecule has 236 valence electrons. The number of piperidine rings is 1. The van der Waals surface area contributed by atoms with Crippen LogP contribution < -0.4 is 10.1 Å². The Hall–Kier alpha value is -4.06. The van der Waals surface area contributed by atoms with E-state index in [-0.39, 0.29) is 36.7 Å². The Morgan fingerprint density at radius 1 is 1.18 bits per heavy atom. The molecule has 0 aromatic carbocycles. The number of alkyl halides is 3. The second-order valence-electron chi connectivity index (χ2n) is 12.5. The number of nitriles is 1. The van der Waals surface area contributed by atoms with Gasteiger partial charge < -0.3 is 20.1 Å². The molecular weight excluding hydrogens is 587 g/mol. The van der Waals surface area contributed by atoms with Gasteiger partial charge in [0.1, 0.15) is 23.8 Å². The monoisotopic (exact) mass is 621 g/mol. The van der Waals surface area contributed by atoms with Gasteiger partial charge in [-0.3, -0.25) is 9.58 Å². The van der Waals surface area contributed by atoms with Gasteiger partial charge >= 0.3 is 6.18 Å². The first-order valence-electron chi connectivity index (χ1n) is 15.3. The molecule has 1 saturated heterocycles. The summed E-state index contributed by atoms with van der Waals surface area (Å²) in [6.45, 7) is 1.73. The maximum atomic E-state index is 13.6. The zero-order valence-electron chi connectivity index (χ0n) is 24.5. The third kappa shape index (κ3) is 5.99. The molecule has 5 heterocycles. The Kier molecular flexibility index (Phi) is 7.71. The lowest BCUT2D eigenvalue weighted by Gasteiger charge is -2.52. The molecule has 4 aromatic heterocycles. The second kappa shape index (κ2) is 11.7. The van der Waals surface area contributed by atoms with Crippen LogP contribution in [0.25, 0.3) is 22.3 Å². The third-order valence-electron chi connectivity index (χ3n) is 9.48. The standard InChI is InChI=1S/C31H34F3N9O2/c32-31(33,34)26-9-19(15-37-21-11-23(44)12-21)10-27(41-26)45-24-2-7-42(8-3-24)22-13-30(14-22,4-5-35)43-17-20(16-40-43)28-25-1-6-36-29(25)39-18-38-28/h1,6,9-10,16-18,21-24,37,44H,2-4,7-8,11-15H2,(H,36,38,39). The number of halogens is 3. The molecule has 0 atom stereocenters. The van der Waals surface area contributed by atoms with Gasteiger partial charge in [-0.05, 0) is 56.2 Å². The number of aromatic nitrogens is 6. The zero-order valence-corrected chi connectivity index (χ0v) is 24.5. The lowest BCUT2D eigenvalue weighted by molar-refractivity contribution is -0.141. The van der Waals surface area contributed by atoms with Crippen LogP contribution in [-0.4, -0.2) is 77.1 Å². The highest BCUT2D eigenvalue weighted by Gasteiger charge is 2.49. The molecule has 0 amide bonds. The van der Waals surface area contributed by atoms with Crippen molar-refractivity contribution < 1.29 is 23.0 Å². The van der Waals surface area contributed by atoms with Crippen LogP contribution in [-0.2, 0) is 18.3 Å². The number of ether oxygens (including phenoxy) is 1. The summed E-state index contributed by atoms with van der Waals surface area (Å²) in [5.41, 5.74) is 1.49. The van der Waals surface area contributed by atoms with E-state index in [0.717, 1.165) is 54.3 Å². The molecule has 14 heteroatoms. The molecule has 1 aliphatic heterocycles. The van der Waals surface area contributed by atoms with Crippen molar-refractivity contribution in [2.24, 2.45) is 0 Å². The lowest BCUT2D eigenvalue weighted by atomic mass is 9.69. The van der Waals surface area contributed by atoms with Crippen molar-refractivity contribution in [2.45, 2.75) is 87.5 Å². The van der Waals surface area contributed by atoms with Gasteiger partial charge in [-0.15, -0.1) is 0 Å². The van der Waals surface area contributed by atoms with Crippen molar-refractivity contribution in [1.82, 2.24) is 39.9 Å². The molecule has 3 N–H and O–H groups in total. The molecule has 2 saturated carbocycles. The number of H-pyrrole nitrogens is 1. The van der Waals surface area contributed by atoms with E-state index >= 15 is 0 Å². The quantitative estimate of drug-likeness (QED) is 0.251. The number of aliphatic hydroxyl groups excluding tert-OH is 1. The van der Waals surface area contributed by atoms with Crippen molar-refractivity contribution in [1.29, 1.82) is 5.26 Å². The van der Waals surface area contributed by atoms with Crippen LogP contribution in [0.5, 0.6) is 5.88 Å². The van der Waals surface area contributed by atoms with Crippen LogP contribution >= 0.6 is 0 Å². The highest BCUT2D eigenvalue weighted by atomic mass is 19.4. The fraction of sp³-hybridized carbons (Fsp3) is 0.516. The van der Waals surface area contributed by atoms with Gasteiger partial charge in [-0.25, -0.2) is 15.0 Å². The topological polar surface area (TPSA) is 141 Å². The lowest BCUT2D eigenvalue weighted by Crippen LogP contribution is -2.58. The Balaban J connectivity index is 0.969. The average Bonchev–Trinajstić information content (AvgIpc) is 3.67. The first-order chi connectivity index (χ1) is 21.7. The zero-order chi connectivity index (χ0) is 31.2. The molecule has 0 bridgehead atoms.